The molecule has 0 fully saturated rings. The molecule has 1 aromatic heterocycles. The van der Waals surface area contributed by atoms with Gasteiger partial charge in [-0.1, -0.05) is 0 Å². The average Bonchev–Trinajstić information content (AvgIpc) is 2.91. The van der Waals surface area contributed by atoms with E-state index in [1.54, 1.807) is 32.7 Å². The Hall–Kier alpha value is -1.39. The first-order valence-electron chi connectivity index (χ1n) is 6.11. The highest BCUT2D eigenvalue weighted by Gasteiger charge is 2.19. The third kappa shape index (κ3) is 2.86. The standard InChI is InChI=1S/C15H17ClO3S/c1-9-5-6-13(20-9)14(16)10-7-11(17-2)15(19-4)12(8-10)18-3/h5-8,14H,1-4H3. The molecule has 1 atom stereocenters. The van der Waals surface area contributed by atoms with Gasteiger partial charge < -0.3 is 14.2 Å². The van der Waals surface area contributed by atoms with Crippen molar-refractivity contribution in [1.82, 2.24) is 0 Å². The lowest BCUT2D eigenvalue weighted by Crippen LogP contribution is -1.98. The minimum atomic E-state index is -0.234. The molecule has 0 N–H and O–H groups in total. The predicted octanol–water partition coefficient (Wildman–Crippen LogP) is 4.41. The first-order chi connectivity index (χ1) is 9.60. The third-order valence-electron chi connectivity index (χ3n) is 2.99. The van der Waals surface area contributed by atoms with E-state index in [0.717, 1.165) is 10.4 Å². The highest BCUT2D eigenvalue weighted by molar-refractivity contribution is 7.12. The predicted molar refractivity (Wildman–Crippen MR) is 82.9 cm³/mol. The lowest BCUT2D eigenvalue weighted by atomic mass is 10.1. The SMILES string of the molecule is COc1cc(C(Cl)c2ccc(C)s2)cc(OC)c1OC. The summed E-state index contributed by atoms with van der Waals surface area (Å²) in [5.74, 6) is 1.80. The van der Waals surface area contributed by atoms with Gasteiger partial charge in [0.2, 0.25) is 5.75 Å². The molecule has 0 amide bonds. The van der Waals surface area contributed by atoms with Gasteiger partial charge in [0, 0.05) is 9.75 Å². The summed E-state index contributed by atoms with van der Waals surface area (Å²) in [6.45, 7) is 2.06. The Bertz CT molecular complexity index is 570. The Kier molecular flexibility index (Phi) is 4.78. The lowest BCUT2D eigenvalue weighted by Gasteiger charge is -2.16. The third-order valence-corrected chi connectivity index (χ3v) is 4.67. The second-order valence-electron chi connectivity index (χ2n) is 4.27. The van der Waals surface area contributed by atoms with E-state index in [9.17, 15) is 0 Å². The maximum absolute atomic E-state index is 6.56. The van der Waals surface area contributed by atoms with Crippen LogP contribution in [0.5, 0.6) is 17.2 Å². The molecule has 0 aliphatic carbocycles. The van der Waals surface area contributed by atoms with Crippen molar-refractivity contribution in [3.63, 3.8) is 0 Å². The van der Waals surface area contributed by atoms with Gasteiger partial charge in [-0.15, -0.1) is 22.9 Å². The number of halogens is 1. The number of rotatable bonds is 5. The second-order valence-corrected chi connectivity index (χ2v) is 6.03. The number of hydrogen-bond donors (Lipinski definition) is 0. The summed E-state index contributed by atoms with van der Waals surface area (Å²) in [5, 5.41) is -0.234. The Balaban J connectivity index is 2.46. The van der Waals surface area contributed by atoms with Crippen LogP contribution in [-0.4, -0.2) is 21.3 Å². The van der Waals surface area contributed by atoms with E-state index in [4.69, 9.17) is 25.8 Å². The normalized spacial score (nSPS) is 12.1. The van der Waals surface area contributed by atoms with Crippen LogP contribution >= 0.6 is 22.9 Å². The zero-order valence-corrected chi connectivity index (χ0v) is 13.5. The number of ether oxygens (including phenoxy) is 3. The van der Waals surface area contributed by atoms with Crippen molar-refractivity contribution in [2.24, 2.45) is 0 Å². The Labute approximate surface area is 128 Å². The molecule has 2 rings (SSSR count). The monoisotopic (exact) mass is 312 g/mol. The first kappa shape index (κ1) is 15.0. The topological polar surface area (TPSA) is 27.7 Å². The van der Waals surface area contributed by atoms with E-state index in [1.807, 2.05) is 18.2 Å². The fourth-order valence-electron chi connectivity index (χ4n) is 2.00. The van der Waals surface area contributed by atoms with E-state index in [-0.39, 0.29) is 5.38 Å². The summed E-state index contributed by atoms with van der Waals surface area (Å²) in [4.78, 5) is 2.33. The van der Waals surface area contributed by atoms with Crippen molar-refractivity contribution in [2.45, 2.75) is 12.3 Å². The zero-order valence-electron chi connectivity index (χ0n) is 11.9. The number of thiophene rings is 1. The zero-order chi connectivity index (χ0) is 14.7. The number of hydrogen-bond acceptors (Lipinski definition) is 4. The van der Waals surface area contributed by atoms with Gasteiger partial charge in [-0.25, -0.2) is 0 Å². The number of alkyl halides is 1. The molecule has 0 spiro atoms. The number of aryl methyl sites for hydroxylation is 1. The van der Waals surface area contributed by atoms with E-state index in [1.165, 1.54) is 4.88 Å². The molecule has 5 heteroatoms. The smallest absolute Gasteiger partial charge is 0.203 e. The molecule has 108 valence electrons. The maximum atomic E-state index is 6.56. The Morgan fingerprint density at radius 3 is 2.00 bits per heavy atom. The second kappa shape index (κ2) is 6.37. The molecule has 0 aliphatic rings. The van der Waals surface area contributed by atoms with Gasteiger partial charge >= 0.3 is 0 Å². The summed E-state index contributed by atoms with van der Waals surface area (Å²) >= 11 is 8.24. The lowest BCUT2D eigenvalue weighted by molar-refractivity contribution is 0.324. The first-order valence-corrected chi connectivity index (χ1v) is 7.36. The van der Waals surface area contributed by atoms with Gasteiger partial charge in [0.25, 0.3) is 0 Å². The molecule has 0 aliphatic heterocycles. The van der Waals surface area contributed by atoms with Gasteiger partial charge in [0.05, 0.1) is 26.7 Å². The van der Waals surface area contributed by atoms with Crippen molar-refractivity contribution in [1.29, 1.82) is 0 Å². The van der Waals surface area contributed by atoms with Crippen LogP contribution in [0.1, 0.15) is 20.7 Å². The molecule has 1 aromatic carbocycles. The minimum Gasteiger partial charge on any atom is -0.493 e. The fourth-order valence-corrected chi connectivity index (χ4v) is 3.22. The van der Waals surface area contributed by atoms with Crippen molar-refractivity contribution in [3.05, 3.63) is 39.6 Å². The van der Waals surface area contributed by atoms with Gasteiger partial charge in [-0.05, 0) is 36.8 Å². The molecular weight excluding hydrogens is 296 g/mol. The fraction of sp³-hybridized carbons (Fsp3) is 0.333. The molecule has 0 radical (unpaired) electrons. The van der Waals surface area contributed by atoms with E-state index >= 15 is 0 Å². The summed E-state index contributed by atoms with van der Waals surface area (Å²) in [5.41, 5.74) is 0.919. The van der Waals surface area contributed by atoms with E-state index in [2.05, 4.69) is 13.0 Å². The summed E-state index contributed by atoms with van der Waals surface area (Å²) in [6.07, 6.45) is 0. The van der Waals surface area contributed by atoms with Gasteiger partial charge in [-0.3, -0.25) is 0 Å². The van der Waals surface area contributed by atoms with Crippen LogP contribution in [0.2, 0.25) is 0 Å². The summed E-state index contributed by atoms with van der Waals surface area (Å²) < 4.78 is 16.0. The maximum Gasteiger partial charge on any atom is 0.203 e. The van der Waals surface area contributed by atoms with Crippen molar-refractivity contribution < 1.29 is 14.2 Å². The van der Waals surface area contributed by atoms with Crippen LogP contribution in [0.4, 0.5) is 0 Å². The highest BCUT2D eigenvalue weighted by atomic mass is 35.5. The largest absolute Gasteiger partial charge is 0.493 e. The van der Waals surface area contributed by atoms with E-state index < -0.39 is 0 Å². The highest BCUT2D eigenvalue weighted by Crippen LogP contribution is 2.43. The molecule has 0 saturated heterocycles. The minimum absolute atomic E-state index is 0.234. The Morgan fingerprint density at radius 1 is 1.00 bits per heavy atom. The van der Waals surface area contributed by atoms with E-state index in [0.29, 0.717) is 17.2 Å². The average molecular weight is 313 g/mol. The molecule has 0 bridgehead atoms. The molecule has 20 heavy (non-hydrogen) atoms. The van der Waals surface area contributed by atoms with Gasteiger partial charge in [0.1, 0.15) is 0 Å². The van der Waals surface area contributed by atoms with Crippen molar-refractivity contribution in [3.8, 4) is 17.2 Å². The quantitative estimate of drug-likeness (QED) is 0.765. The molecule has 0 saturated carbocycles. The van der Waals surface area contributed by atoms with Crippen LogP contribution in [0.15, 0.2) is 24.3 Å². The van der Waals surface area contributed by atoms with Crippen LogP contribution in [0.25, 0.3) is 0 Å². The van der Waals surface area contributed by atoms with Crippen LogP contribution in [-0.2, 0) is 0 Å². The van der Waals surface area contributed by atoms with Crippen LogP contribution < -0.4 is 14.2 Å². The summed E-state index contributed by atoms with van der Waals surface area (Å²) in [6, 6.07) is 7.87. The van der Waals surface area contributed by atoms with Crippen LogP contribution in [0, 0.1) is 6.92 Å². The van der Waals surface area contributed by atoms with Gasteiger partial charge in [-0.2, -0.15) is 0 Å². The summed E-state index contributed by atoms with van der Waals surface area (Å²) in [7, 11) is 4.78. The van der Waals surface area contributed by atoms with Crippen molar-refractivity contribution in [2.75, 3.05) is 21.3 Å². The molecule has 1 heterocycles. The number of methoxy groups -OCH3 is 3. The van der Waals surface area contributed by atoms with Crippen molar-refractivity contribution >= 4 is 22.9 Å². The molecule has 1 unspecified atom stereocenters. The number of benzene rings is 1. The molecule has 3 nitrogen and oxygen atoms in total. The molecule has 2 aromatic rings. The molecular formula is C15H17ClO3S. The van der Waals surface area contributed by atoms with Crippen LogP contribution in [0.3, 0.4) is 0 Å². The van der Waals surface area contributed by atoms with Gasteiger partial charge in [0.15, 0.2) is 11.5 Å². The Morgan fingerprint density at radius 2 is 1.60 bits per heavy atom.